The molecule has 0 saturated carbocycles. The first kappa shape index (κ1) is 58.5. The second kappa shape index (κ2) is 46.9. The zero-order valence-corrected chi connectivity index (χ0v) is 39.8. The fourth-order valence-corrected chi connectivity index (χ4v) is 7.24. The fraction of sp³-hybridized carbons (Fsp3) is 0.725. The first-order valence-corrected chi connectivity index (χ1v) is 25.9. The molecule has 0 fully saturated rings. The van der Waals surface area contributed by atoms with Gasteiger partial charge in [-0.25, -0.2) is 4.57 Å². The number of ether oxygens (including phenoxy) is 2. The van der Waals surface area contributed by atoms with Gasteiger partial charge in [0.25, 0.3) is 0 Å². The molecule has 0 saturated heterocycles. The van der Waals surface area contributed by atoms with Crippen LogP contribution in [0.25, 0.3) is 0 Å². The monoisotopic (exact) mass is 876 g/mol. The minimum absolute atomic E-state index is 0.0472. The molecule has 0 aliphatic carbocycles. The van der Waals surface area contributed by atoms with Crippen molar-refractivity contribution in [3.63, 3.8) is 0 Å². The predicted octanol–water partition coefficient (Wildman–Crippen LogP) is 14.6. The molecule has 0 aliphatic heterocycles. The van der Waals surface area contributed by atoms with Crippen LogP contribution in [0.15, 0.2) is 72.9 Å². The molecule has 0 aliphatic rings. The van der Waals surface area contributed by atoms with Crippen molar-refractivity contribution in [3.8, 4) is 0 Å². The quantitative estimate of drug-likeness (QED) is 0.0265. The van der Waals surface area contributed by atoms with Gasteiger partial charge >= 0.3 is 19.8 Å². The summed E-state index contributed by atoms with van der Waals surface area (Å²) in [5, 5.41) is 0. The third-order valence-corrected chi connectivity index (χ3v) is 11.1. The summed E-state index contributed by atoms with van der Waals surface area (Å²) in [6.45, 7) is 3.59. The van der Waals surface area contributed by atoms with Crippen molar-refractivity contribution in [2.75, 3.05) is 26.4 Å². The van der Waals surface area contributed by atoms with E-state index in [0.717, 1.165) is 89.9 Å². The van der Waals surface area contributed by atoms with Crippen molar-refractivity contribution >= 4 is 19.8 Å². The summed E-state index contributed by atoms with van der Waals surface area (Å²) in [5.74, 6) is -0.850. The van der Waals surface area contributed by atoms with E-state index in [2.05, 4.69) is 86.8 Å². The summed E-state index contributed by atoms with van der Waals surface area (Å²) in [7, 11) is -4.39. The van der Waals surface area contributed by atoms with Crippen LogP contribution in [0.1, 0.15) is 206 Å². The number of unbranched alkanes of at least 4 members (excludes halogenated alkanes) is 20. The van der Waals surface area contributed by atoms with Gasteiger partial charge in [-0.2, -0.15) is 0 Å². The molecule has 0 amide bonds. The van der Waals surface area contributed by atoms with Gasteiger partial charge < -0.3 is 20.1 Å². The molecule has 0 heterocycles. The molecule has 0 spiro atoms. The highest BCUT2D eigenvalue weighted by Gasteiger charge is 2.26. The fourth-order valence-electron chi connectivity index (χ4n) is 6.48. The van der Waals surface area contributed by atoms with E-state index in [1.807, 2.05) is 0 Å². The lowest BCUT2D eigenvalue weighted by molar-refractivity contribution is -0.161. The maximum absolute atomic E-state index is 12.6. The molecule has 0 aromatic rings. The van der Waals surface area contributed by atoms with Gasteiger partial charge in [0.15, 0.2) is 6.10 Å². The van der Waals surface area contributed by atoms with E-state index in [4.69, 9.17) is 24.3 Å². The Bertz CT molecular complexity index is 1230. The molecule has 9 nitrogen and oxygen atoms in total. The summed E-state index contributed by atoms with van der Waals surface area (Å²) in [4.78, 5) is 35.0. The molecular formula is C51H90NO8P. The standard InChI is InChI=1S/C51H90NO8P/c1-3-5-7-9-11-13-15-17-19-21-22-23-24-25-26-28-30-32-34-36-38-40-42-44-51(54)60-49(48-59-61(55,56)58-46-45-52)47-57-50(53)43-41-39-37-35-33-31-29-27-20-18-16-14-12-10-8-6-4-2/h6,8,12,14-15,17-18,20-22,24-25,49H,3-5,7,9-11,13,16,19,23,26-48,52H2,1-2H3,(H,55,56)/b8-6-,14-12-,17-15-,20-18-,22-21-,25-24-. The summed E-state index contributed by atoms with van der Waals surface area (Å²) in [5.41, 5.74) is 5.36. The number of carbonyl (C=O) groups is 2. The Morgan fingerprint density at radius 2 is 0.902 bits per heavy atom. The first-order valence-electron chi connectivity index (χ1n) is 24.4. The number of nitrogens with two attached hydrogens (primary N) is 1. The largest absolute Gasteiger partial charge is 0.472 e. The van der Waals surface area contributed by atoms with Crippen LogP contribution in [0.4, 0.5) is 0 Å². The van der Waals surface area contributed by atoms with Crippen LogP contribution >= 0.6 is 7.82 Å². The lowest BCUT2D eigenvalue weighted by atomic mass is 10.1. The summed E-state index contributed by atoms with van der Waals surface area (Å²) in [6, 6.07) is 0. The lowest BCUT2D eigenvalue weighted by Gasteiger charge is -2.19. The molecule has 2 unspecified atom stereocenters. The number of hydrogen-bond donors (Lipinski definition) is 2. The Hall–Kier alpha value is -2.55. The number of rotatable bonds is 45. The smallest absolute Gasteiger partial charge is 0.462 e. The van der Waals surface area contributed by atoms with Crippen molar-refractivity contribution in [2.45, 2.75) is 213 Å². The number of allylic oxidation sites excluding steroid dienone is 12. The third-order valence-electron chi connectivity index (χ3n) is 10.1. The normalized spacial score (nSPS) is 13.8. The van der Waals surface area contributed by atoms with Crippen molar-refractivity contribution in [3.05, 3.63) is 72.9 Å². The number of hydrogen-bond acceptors (Lipinski definition) is 8. The summed E-state index contributed by atoms with van der Waals surface area (Å²) >= 11 is 0. The maximum atomic E-state index is 12.6. The highest BCUT2D eigenvalue weighted by molar-refractivity contribution is 7.47. The molecule has 0 radical (unpaired) electrons. The van der Waals surface area contributed by atoms with E-state index >= 15 is 0 Å². The van der Waals surface area contributed by atoms with Crippen molar-refractivity contribution < 1.29 is 37.6 Å². The SMILES string of the molecule is CC/C=C\C/C=C\C/C=C\CCCCCCCCCC(=O)OCC(COP(=O)(O)OCCN)OC(=O)CCCCCCCCCC/C=C\C/C=C\C/C=C\CCCCCCC. The van der Waals surface area contributed by atoms with Crippen LogP contribution in [-0.2, 0) is 32.7 Å². The van der Waals surface area contributed by atoms with E-state index < -0.39 is 32.5 Å². The van der Waals surface area contributed by atoms with Crippen LogP contribution in [-0.4, -0.2) is 49.3 Å². The molecule has 0 bridgehead atoms. The van der Waals surface area contributed by atoms with Crippen LogP contribution in [0, 0.1) is 0 Å². The van der Waals surface area contributed by atoms with Crippen molar-refractivity contribution in [2.24, 2.45) is 5.73 Å². The van der Waals surface area contributed by atoms with Crippen LogP contribution < -0.4 is 5.73 Å². The van der Waals surface area contributed by atoms with E-state index in [-0.39, 0.29) is 32.6 Å². The molecule has 0 aromatic heterocycles. The molecular weight excluding hydrogens is 786 g/mol. The molecule has 61 heavy (non-hydrogen) atoms. The van der Waals surface area contributed by atoms with Crippen LogP contribution in [0.2, 0.25) is 0 Å². The Morgan fingerprint density at radius 1 is 0.508 bits per heavy atom. The van der Waals surface area contributed by atoms with Crippen molar-refractivity contribution in [1.82, 2.24) is 0 Å². The van der Waals surface area contributed by atoms with E-state index in [1.165, 1.54) is 83.5 Å². The third kappa shape index (κ3) is 46.8. The lowest BCUT2D eigenvalue weighted by Crippen LogP contribution is -2.29. The van der Waals surface area contributed by atoms with E-state index in [9.17, 15) is 19.0 Å². The highest BCUT2D eigenvalue weighted by Crippen LogP contribution is 2.43. The zero-order valence-electron chi connectivity index (χ0n) is 38.9. The summed E-state index contributed by atoms with van der Waals surface area (Å²) in [6.07, 6.45) is 57.9. The number of phosphoric ester groups is 1. The number of phosphoric acid groups is 1. The molecule has 0 aromatic carbocycles. The molecule has 10 heteroatoms. The highest BCUT2D eigenvalue weighted by atomic mass is 31.2. The molecule has 0 rings (SSSR count). The first-order chi connectivity index (χ1) is 29.8. The average Bonchev–Trinajstić information content (AvgIpc) is 3.25. The van der Waals surface area contributed by atoms with Crippen molar-refractivity contribution in [1.29, 1.82) is 0 Å². The van der Waals surface area contributed by atoms with E-state index in [0.29, 0.717) is 6.42 Å². The second-order valence-corrected chi connectivity index (χ2v) is 17.4. The Kier molecular flexibility index (Phi) is 45.0. The minimum Gasteiger partial charge on any atom is -0.462 e. The predicted molar refractivity (Wildman–Crippen MR) is 256 cm³/mol. The zero-order chi connectivity index (χ0) is 44.6. The Labute approximate surface area is 373 Å². The number of carbonyl (C=O) groups excluding carboxylic acids is 2. The minimum atomic E-state index is -4.39. The van der Waals surface area contributed by atoms with Gasteiger partial charge in [0, 0.05) is 19.4 Å². The van der Waals surface area contributed by atoms with Gasteiger partial charge in [0.05, 0.1) is 13.2 Å². The van der Waals surface area contributed by atoms with Gasteiger partial charge in [-0.05, 0) is 83.5 Å². The topological polar surface area (TPSA) is 134 Å². The van der Waals surface area contributed by atoms with Gasteiger partial charge in [0.2, 0.25) is 0 Å². The van der Waals surface area contributed by atoms with Gasteiger partial charge in [-0.15, -0.1) is 0 Å². The van der Waals surface area contributed by atoms with Crippen LogP contribution in [0.5, 0.6) is 0 Å². The van der Waals surface area contributed by atoms with Gasteiger partial charge in [-0.3, -0.25) is 18.6 Å². The Morgan fingerprint density at radius 3 is 1.34 bits per heavy atom. The second-order valence-electron chi connectivity index (χ2n) is 15.9. The summed E-state index contributed by atoms with van der Waals surface area (Å²) < 4.78 is 32.9. The number of esters is 2. The van der Waals surface area contributed by atoms with Gasteiger partial charge in [-0.1, -0.05) is 183 Å². The van der Waals surface area contributed by atoms with Crippen LogP contribution in [0.3, 0.4) is 0 Å². The van der Waals surface area contributed by atoms with Gasteiger partial charge in [0.1, 0.15) is 6.61 Å². The average molecular weight is 876 g/mol. The Balaban J connectivity index is 4.11. The maximum Gasteiger partial charge on any atom is 0.472 e. The molecule has 352 valence electrons. The molecule has 2 atom stereocenters. The molecule has 3 N–H and O–H groups in total. The van der Waals surface area contributed by atoms with E-state index in [1.54, 1.807) is 0 Å².